The fourth-order valence-corrected chi connectivity index (χ4v) is 2.15. The van der Waals surface area contributed by atoms with Gasteiger partial charge in [-0.15, -0.1) is 0 Å². The van der Waals surface area contributed by atoms with Gasteiger partial charge in [0.25, 0.3) is 0 Å². The Labute approximate surface area is 92.1 Å². The Bertz CT molecular complexity index is 629. The van der Waals surface area contributed by atoms with Gasteiger partial charge in [-0.05, 0) is 28.5 Å². The lowest BCUT2D eigenvalue weighted by Gasteiger charge is -2.12. The van der Waals surface area contributed by atoms with E-state index in [1.54, 1.807) is 12.1 Å². The molecular formula is C13H9NO2. The fraction of sp³-hybridized carbons (Fsp3) is 0.0769. The molecule has 0 amide bonds. The third-order valence-electron chi connectivity index (χ3n) is 2.83. The molecule has 2 aromatic rings. The smallest absolute Gasteiger partial charge is 0.335 e. The van der Waals surface area contributed by atoms with Crippen LogP contribution in [0.15, 0.2) is 35.3 Å². The van der Waals surface area contributed by atoms with E-state index in [1.165, 1.54) is 0 Å². The van der Waals surface area contributed by atoms with Crippen LogP contribution < -0.4 is 0 Å². The molecule has 0 aliphatic carbocycles. The van der Waals surface area contributed by atoms with Crippen molar-refractivity contribution >= 4 is 23.0 Å². The van der Waals surface area contributed by atoms with Crippen LogP contribution in [-0.2, 0) is 6.54 Å². The largest absolute Gasteiger partial charge is 0.478 e. The average Bonchev–Trinajstić information content (AvgIpc) is 2.29. The second kappa shape index (κ2) is 3.17. The summed E-state index contributed by atoms with van der Waals surface area (Å²) >= 11 is 0. The summed E-state index contributed by atoms with van der Waals surface area (Å²) in [5.74, 6) is -0.891. The average molecular weight is 211 g/mol. The molecular weight excluding hydrogens is 202 g/mol. The Balaban J connectivity index is 2.42. The summed E-state index contributed by atoms with van der Waals surface area (Å²) in [5.41, 5.74) is 2.39. The topological polar surface area (TPSA) is 49.7 Å². The summed E-state index contributed by atoms with van der Waals surface area (Å²) in [6.07, 6.45) is 1.84. The molecule has 16 heavy (non-hydrogen) atoms. The molecule has 0 bridgehead atoms. The van der Waals surface area contributed by atoms with Crippen molar-refractivity contribution in [1.82, 2.24) is 0 Å². The molecule has 0 atom stereocenters. The van der Waals surface area contributed by atoms with E-state index in [1.807, 2.05) is 24.4 Å². The van der Waals surface area contributed by atoms with Crippen molar-refractivity contribution in [2.75, 3.05) is 0 Å². The van der Waals surface area contributed by atoms with E-state index in [4.69, 9.17) is 5.11 Å². The maximum absolute atomic E-state index is 11.0. The first-order valence-corrected chi connectivity index (χ1v) is 5.04. The quantitative estimate of drug-likeness (QED) is 0.787. The molecule has 1 aliphatic heterocycles. The molecule has 0 spiro atoms. The molecule has 3 rings (SSSR count). The molecule has 3 nitrogen and oxygen atoms in total. The number of aromatic carboxylic acids is 1. The van der Waals surface area contributed by atoms with Gasteiger partial charge >= 0.3 is 5.97 Å². The number of aliphatic imine (C=N–C) groups is 1. The number of benzene rings is 2. The van der Waals surface area contributed by atoms with Gasteiger partial charge in [0.15, 0.2) is 0 Å². The van der Waals surface area contributed by atoms with Crippen molar-refractivity contribution in [2.45, 2.75) is 6.54 Å². The van der Waals surface area contributed by atoms with E-state index in [-0.39, 0.29) is 0 Å². The normalized spacial score (nSPS) is 13.0. The highest BCUT2D eigenvalue weighted by molar-refractivity contribution is 6.05. The van der Waals surface area contributed by atoms with Crippen molar-refractivity contribution in [3.63, 3.8) is 0 Å². The van der Waals surface area contributed by atoms with Gasteiger partial charge in [0, 0.05) is 11.8 Å². The first-order chi connectivity index (χ1) is 7.75. The zero-order valence-electron chi connectivity index (χ0n) is 8.47. The molecule has 0 saturated heterocycles. The van der Waals surface area contributed by atoms with Gasteiger partial charge in [0.2, 0.25) is 0 Å². The molecule has 0 unspecified atom stereocenters. The molecule has 3 heteroatoms. The van der Waals surface area contributed by atoms with Gasteiger partial charge < -0.3 is 5.11 Å². The van der Waals surface area contributed by atoms with Crippen LogP contribution in [0.5, 0.6) is 0 Å². The Kier molecular flexibility index (Phi) is 1.80. The SMILES string of the molecule is O=C(O)c1cc2c3c(cccc3c1)C=NC2. The number of hydrogen-bond donors (Lipinski definition) is 1. The van der Waals surface area contributed by atoms with Crippen LogP contribution in [0.3, 0.4) is 0 Å². The Morgan fingerprint density at radius 1 is 1.31 bits per heavy atom. The van der Waals surface area contributed by atoms with Crippen LogP contribution in [0.25, 0.3) is 10.8 Å². The Hall–Kier alpha value is -2.16. The number of carboxylic acid groups (broad SMARTS) is 1. The predicted octanol–water partition coefficient (Wildman–Crippen LogP) is 2.47. The maximum atomic E-state index is 11.0. The highest BCUT2D eigenvalue weighted by Gasteiger charge is 2.12. The number of carboxylic acids is 1. The first-order valence-electron chi connectivity index (χ1n) is 5.04. The molecule has 2 aromatic carbocycles. The van der Waals surface area contributed by atoms with Crippen molar-refractivity contribution in [2.24, 2.45) is 4.99 Å². The zero-order valence-corrected chi connectivity index (χ0v) is 8.47. The van der Waals surface area contributed by atoms with E-state index in [2.05, 4.69) is 4.99 Å². The summed E-state index contributed by atoms with van der Waals surface area (Å²) in [6, 6.07) is 9.28. The van der Waals surface area contributed by atoms with Gasteiger partial charge in [-0.1, -0.05) is 18.2 Å². The van der Waals surface area contributed by atoms with Crippen LogP contribution in [0.1, 0.15) is 21.5 Å². The number of carbonyl (C=O) groups is 1. The standard InChI is InChI=1S/C13H9NO2/c15-13(16)10-4-8-2-1-3-9-6-14-7-11(5-10)12(8)9/h1-6H,7H2,(H,15,16). The summed E-state index contributed by atoms with van der Waals surface area (Å²) in [7, 11) is 0. The molecule has 0 fully saturated rings. The maximum Gasteiger partial charge on any atom is 0.335 e. The van der Waals surface area contributed by atoms with Crippen LogP contribution >= 0.6 is 0 Å². The van der Waals surface area contributed by atoms with Gasteiger partial charge in [0.05, 0.1) is 12.1 Å². The van der Waals surface area contributed by atoms with E-state index >= 15 is 0 Å². The number of rotatable bonds is 1. The Morgan fingerprint density at radius 3 is 3.00 bits per heavy atom. The Morgan fingerprint density at radius 2 is 2.19 bits per heavy atom. The molecule has 1 aliphatic rings. The minimum absolute atomic E-state index is 0.330. The van der Waals surface area contributed by atoms with E-state index in [0.29, 0.717) is 12.1 Å². The van der Waals surface area contributed by atoms with Gasteiger partial charge in [-0.2, -0.15) is 0 Å². The molecule has 0 aromatic heterocycles. The molecule has 78 valence electrons. The lowest BCUT2D eigenvalue weighted by Crippen LogP contribution is -2.02. The molecule has 1 heterocycles. The lowest BCUT2D eigenvalue weighted by atomic mass is 9.95. The minimum Gasteiger partial charge on any atom is -0.478 e. The highest BCUT2D eigenvalue weighted by Crippen LogP contribution is 2.27. The van der Waals surface area contributed by atoms with Gasteiger partial charge in [-0.3, -0.25) is 4.99 Å². The zero-order chi connectivity index (χ0) is 11.1. The second-order valence-electron chi connectivity index (χ2n) is 3.86. The van der Waals surface area contributed by atoms with E-state index in [9.17, 15) is 4.79 Å². The van der Waals surface area contributed by atoms with Crippen LogP contribution in [0.2, 0.25) is 0 Å². The van der Waals surface area contributed by atoms with E-state index < -0.39 is 5.97 Å². The van der Waals surface area contributed by atoms with Crippen molar-refractivity contribution in [1.29, 1.82) is 0 Å². The molecule has 1 N–H and O–H groups in total. The third kappa shape index (κ3) is 1.21. The first kappa shape index (κ1) is 9.09. The van der Waals surface area contributed by atoms with Crippen molar-refractivity contribution in [3.8, 4) is 0 Å². The number of nitrogens with zero attached hydrogens (tertiary/aromatic N) is 1. The van der Waals surface area contributed by atoms with Crippen LogP contribution in [0.4, 0.5) is 0 Å². The molecule has 0 radical (unpaired) electrons. The second-order valence-corrected chi connectivity index (χ2v) is 3.86. The van der Waals surface area contributed by atoms with Gasteiger partial charge in [-0.25, -0.2) is 4.79 Å². The molecule has 0 saturated carbocycles. The third-order valence-corrected chi connectivity index (χ3v) is 2.83. The number of hydrogen-bond acceptors (Lipinski definition) is 2. The van der Waals surface area contributed by atoms with Crippen molar-refractivity contribution < 1.29 is 9.90 Å². The minimum atomic E-state index is -0.891. The summed E-state index contributed by atoms with van der Waals surface area (Å²) in [6.45, 7) is 0.564. The summed E-state index contributed by atoms with van der Waals surface area (Å²) in [4.78, 5) is 15.2. The van der Waals surface area contributed by atoms with Crippen molar-refractivity contribution in [3.05, 3.63) is 47.0 Å². The fourth-order valence-electron chi connectivity index (χ4n) is 2.15. The highest BCUT2D eigenvalue weighted by atomic mass is 16.4. The predicted molar refractivity (Wildman–Crippen MR) is 62.2 cm³/mol. The van der Waals surface area contributed by atoms with Crippen LogP contribution in [0, 0.1) is 0 Å². The summed E-state index contributed by atoms with van der Waals surface area (Å²) in [5, 5.41) is 11.1. The lowest BCUT2D eigenvalue weighted by molar-refractivity contribution is 0.0697. The monoisotopic (exact) mass is 211 g/mol. The van der Waals surface area contributed by atoms with Gasteiger partial charge in [0.1, 0.15) is 0 Å². The van der Waals surface area contributed by atoms with E-state index in [0.717, 1.165) is 21.9 Å². The summed E-state index contributed by atoms with van der Waals surface area (Å²) < 4.78 is 0. The van der Waals surface area contributed by atoms with Crippen LogP contribution in [-0.4, -0.2) is 17.3 Å².